The minimum absolute atomic E-state index is 0.398. The van der Waals surface area contributed by atoms with Crippen LogP contribution in [0, 0.1) is 0 Å². The highest BCUT2D eigenvalue weighted by Crippen LogP contribution is 2.29. The molecule has 0 unspecified atom stereocenters. The second kappa shape index (κ2) is 5.91. The molecule has 0 amide bonds. The molecule has 0 aliphatic heterocycles. The zero-order valence-corrected chi connectivity index (χ0v) is 12.8. The smallest absolute Gasteiger partial charge is 0.211 e. The molecule has 0 bridgehead atoms. The van der Waals surface area contributed by atoms with Gasteiger partial charge in [0.15, 0.2) is 0 Å². The number of sulfonamides is 1. The lowest BCUT2D eigenvalue weighted by atomic mass is 10.00. The van der Waals surface area contributed by atoms with Crippen molar-refractivity contribution in [3.05, 3.63) is 64.9 Å². The van der Waals surface area contributed by atoms with E-state index in [4.69, 9.17) is 11.6 Å². The van der Waals surface area contributed by atoms with Crippen LogP contribution >= 0.6 is 11.6 Å². The van der Waals surface area contributed by atoms with E-state index >= 15 is 0 Å². The Balaban J connectivity index is 2.53. The third-order valence-corrected chi connectivity index (χ3v) is 4.60. The van der Waals surface area contributed by atoms with Gasteiger partial charge in [0.05, 0.1) is 12.3 Å². The van der Waals surface area contributed by atoms with Crippen molar-refractivity contribution in [2.45, 2.75) is 6.04 Å². The number of nitrogens with zero attached hydrogens (tertiary/aromatic N) is 2. The number of hydrogen-bond acceptors (Lipinski definition) is 3. The van der Waals surface area contributed by atoms with E-state index in [1.165, 1.54) is 10.6 Å². The highest BCUT2D eigenvalue weighted by atomic mass is 35.5. The molecule has 0 N–H and O–H groups in total. The second-order valence-corrected chi connectivity index (χ2v) is 6.99. The first-order valence-electron chi connectivity index (χ1n) is 5.98. The van der Waals surface area contributed by atoms with Gasteiger partial charge in [0.2, 0.25) is 10.0 Å². The Morgan fingerprint density at radius 3 is 2.05 bits per heavy atom. The molecule has 0 aliphatic rings. The average Bonchev–Trinajstić information content (AvgIpc) is 2.41. The van der Waals surface area contributed by atoms with Gasteiger partial charge in [-0.2, -0.15) is 4.31 Å². The van der Waals surface area contributed by atoms with Crippen molar-refractivity contribution in [1.82, 2.24) is 9.29 Å². The van der Waals surface area contributed by atoms with Crippen LogP contribution in [0.2, 0.25) is 5.02 Å². The van der Waals surface area contributed by atoms with Crippen LogP contribution in [0.15, 0.2) is 48.8 Å². The van der Waals surface area contributed by atoms with Crippen molar-refractivity contribution in [3.8, 4) is 0 Å². The molecule has 0 spiro atoms. The molecule has 1 aromatic heterocycles. The van der Waals surface area contributed by atoms with Crippen LogP contribution in [0.4, 0.5) is 0 Å². The second-order valence-electron chi connectivity index (χ2n) is 4.51. The van der Waals surface area contributed by atoms with Crippen molar-refractivity contribution >= 4 is 21.6 Å². The summed E-state index contributed by atoms with van der Waals surface area (Å²) < 4.78 is 25.1. The minimum atomic E-state index is -3.33. The van der Waals surface area contributed by atoms with Gasteiger partial charge in [-0.25, -0.2) is 8.42 Å². The summed E-state index contributed by atoms with van der Waals surface area (Å²) in [5, 5.41) is 0.615. The van der Waals surface area contributed by atoms with E-state index in [0.29, 0.717) is 5.02 Å². The highest BCUT2D eigenvalue weighted by Gasteiger charge is 2.25. The van der Waals surface area contributed by atoms with E-state index in [2.05, 4.69) is 4.98 Å². The van der Waals surface area contributed by atoms with E-state index in [1.807, 2.05) is 12.1 Å². The van der Waals surface area contributed by atoms with Crippen LogP contribution in [0.25, 0.3) is 0 Å². The van der Waals surface area contributed by atoms with Crippen molar-refractivity contribution < 1.29 is 8.42 Å². The van der Waals surface area contributed by atoms with E-state index in [1.54, 1.807) is 43.7 Å². The third kappa shape index (κ3) is 3.36. The molecular weight excluding hydrogens is 296 g/mol. The molecule has 0 aliphatic carbocycles. The van der Waals surface area contributed by atoms with Gasteiger partial charge >= 0.3 is 0 Å². The molecular formula is C14H15ClN2O2S. The molecule has 0 fully saturated rings. The first-order chi connectivity index (χ1) is 9.39. The van der Waals surface area contributed by atoms with E-state index in [-0.39, 0.29) is 0 Å². The maximum absolute atomic E-state index is 11.9. The molecule has 0 saturated carbocycles. The standard InChI is InChI=1S/C14H15ClN2O2S/c1-17(20(2,18)19)14(12-7-9-16-10-8-12)11-3-5-13(15)6-4-11/h3-10,14H,1-2H3/t14-/m0/s1. The maximum atomic E-state index is 11.9. The predicted molar refractivity (Wildman–Crippen MR) is 80.1 cm³/mol. The van der Waals surface area contributed by atoms with Gasteiger partial charge in [0.1, 0.15) is 0 Å². The third-order valence-electron chi connectivity index (χ3n) is 3.09. The Hall–Kier alpha value is -1.43. The molecule has 4 nitrogen and oxygen atoms in total. The van der Waals surface area contributed by atoms with Gasteiger partial charge in [0, 0.05) is 24.5 Å². The Morgan fingerprint density at radius 1 is 1.05 bits per heavy atom. The quantitative estimate of drug-likeness (QED) is 0.872. The summed E-state index contributed by atoms with van der Waals surface area (Å²) in [6, 6.07) is 10.4. The van der Waals surface area contributed by atoms with Crippen LogP contribution in [0.5, 0.6) is 0 Å². The minimum Gasteiger partial charge on any atom is -0.265 e. The summed E-state index contributed by atoms with van der Waals surface area (Å²) in [6.45, 7) is 0. The van der Waals surface area contributed by atoms with Crippen molar-refractivity contribution in [1.29, 1.82) is 0 Å². The van der Waals surface area contributed by atoms with Gasteiger partial charge in [-0.15, -0.1) is 0 Å². The normalized spacial score (nSPS) is 13.4. The molecule has 6 heteroatoms. The fraction of sp³-hybridized carbons (Fsp3) is 0.214. The number of benzene rings is 1. The van der Waals surface area contributed by atoms with Crippen LogP contribution in [-0.4, -0.2) is 31.0 Å². The van der Waals surface area contributed by atoms with Gasteiger partial charge in [-0.1, -0.05) is 23.7 Å². The molecule has 0 saturated heterocycles. The van der Waals surface area contributed by atoms with Gasteiger partial charge in [0.25, 0.3) is 0 Å². The molecule has 0 radical (unpaired) electrons. The maximum Gasteiger partial charge on any atom is 0.211 e. The van der Waals surface area contributed by atoms with Crippen LogP contribution in [0.1, 0.15) is 17.2 Å². The number of halogens is 1. The largest absolute Gasteiger partial charge is 0.265 e. The first kappa shape index (κ1) is 15.0. The van der Waals surface area contributed by atoms with Crippen molar-refractivity contribution in [3.63, 3.8) is 0 Å². The van der Waals surface area contributed by atoms with Crippen LogP contribution in [0.3, 0.4) is 0 Å². The molecule has 1 aromatic carbocycles. The Morgan fingerprint density at radius 2 is 1.55 bits per heavy atom. The monoisotopic (exact) mass is 310 g/mol. The van der Waals surface area contributed by atoms with E-state index in [9.17, 15) is 8.42 Å². The van der Waals surface area contributed by atoms with Gasteiger partial charge in [-0.05, 0) is 35.4 Å². The number of pyridine rings is 1. The fourth-order valence-electron chi connectivity index (χ4n) is 1.99. The molecule has 2 aromatic rings. The lowest BCUT2D eigenvalue weighted by molar-refractivity contribution is 0.422. The molecule has 2 rings (SSSR count). The van der Waals surface area contributed by atoms with Gasteiger partial charge in [-0.3, -0.25) is 4.98 Å². The lowest BCUT2D eigenvalue weighted by Crippen LogP contribution is -2.31. The van der Waals surface area contributed by atoms with E-state index in [0.717, 1.165) is 11.1 Å². The number of rotatable bonds is 4. The number of aromatic nitrogens is 1. The zero-order chi connectivity index (χ0) is 14.8. The van der Waals surface area contributed by atoms with Gasteiger partial charge < -0.3 is 0 Å². The number of hydrogen-bond donors (Lipinski definition) is 0. The molecule has 106 valence electrons. The van der Waals surface area contributed by atoms with Crippen LogP contribution < -0.4 is 0 Å². The summed E-state index contributed by atoms with van der Waals surface area (Å²) in [5.74, 6) is 0. The predicted octanol–water partition coefficient (Wildman–Crippen LogP) is 2.72. The molecule has 20 heavy (non-hydrogen) atoms. The fourth-order valence-corrected chi connectivity index (χ4v) is 2.75. The average molecular weight is 311 g/mol. The Labute approximate surface area is 124 Å². The molecule has 1 heterocycles. The van der Waals surface area contributed by atoms with E-state index < -0.39 is 16.1 Å². The topological polar surface area (TPSA) is 50.3 Å². The van der Waals surface area contributed by atoms with Crippen LogP contribution in [-0.2, 0) is 10.0 Å². The summed E-state index contributed by atoms with van der Waals surface area (Å²) in [6.07, 6.45) is 4.49. The summed E-state index contributed by atoms with van der Waals surface area (Å²) >= 11 is 5.89. The zero-order valence-electron chi connectivity index (χ0n) is 11.2. The molecule has 1 atom stereocenters. The summed E-state index contributed by atoms with van der Waals surface area (Å²) in [7, 11) is -1.76. The lowest BCUT2D eigenvalue weighted by Gasteiger charge is -2.27. The first-order valence-corrected chi connectivity index (χ1v) is 8.20. The summed E-state index contributed by atoms with van der Waals surface area (Å²) in [5.41, 5.74) is 1.71. The van der Waals surface area contributed by atoms with Crippen molar-refractivity contribution in [2.24, 2.45) is 0 Å². The highest BCUT2D eigenvalue weighted by molar-refractivity contribution is 7.88. The summed E-state index contributed by atoms with van der Waals surface area (Å²) in [4.78, 5) is 3.97. The Kier molecular flexibility index (Phi) is 4.42. The SMILES string of the molecule is CN([C@H](c1ccncc1)c1ccc(Cl)cc1)S(C)(=O)=O. The Bertz CT molecular complexity index is 672. The van der Waals surface area contributed by atoms with Crippen molar-refractivity contribution in [2.75, 3.05) is 13.3 Å².